The van der Waals surface area contributed by atoms with E-state index >= 15 is 0 Å². The van der Waals surface area contributed by atoms with E-state index in [1.165, 1.54) is 29.4 Å². The highest BCUT2D eigenvalue weighted by Gasteiger charge is 2.21. The van der Waals surface area contributed by atoms with E-state index in [0.717, 1.165) is 10.6 Å². The summed E-state index contributed by atoms with van der Waals surface area (Å²) in [7, 11) is 0. The first-order valence-corrected chi connectivity index (χ1v) is 8.64. The first kappa shape index (κ1) is 15.1. The van der Waals surface area contributed by atoms with Gasteiger partial charge in [-0.15, -0.1) is 11.3 Å². The average Bonchev–Trinajstić information content (AvgIpc) is 3.24. The molecule has 0 aromatic carbocycles. The van der Waals surface area contributed by atoms with Crippen molar-refractivity contribution in [3.8, 4) is 10.8 Å². The zero-order valence-electron chi connectivity index (χ0n) is 11.7. The standard InChI is InChI=1S/C14H14N2O4S2/c17-12(3-4-16-5-7-22-14(16)18)19-8-10-9-20-13(15-10)11-2-1-6-21-11/h1-2,6,9H,3-5,7-8H2. The van der Waals surface area contributed by atoms with Crippen LogP contribution >= 0.6 is 23.1 Å². The normalized spacial score (nSPS) is 14.5. The molecule has 2 aromatic heterocycles. The van der Waals surface area contributed by atoms with E-state index in [1.807, 2.05) is 17.5 Å². The Labute approximate surface area is 135 Å². The number of hydrogen-bond donors (Lipinski definition) is 0. The SMILES string of the molecule is O=C(CCN1CCSC1=O)OCc1coc(-c2cccs2)n1. The molecule has 1 aliphatic heterocycles. The van der Waals surface area contributed by atoms with Gasteiger partial charge in [-0.1, -0.05) is 17.8 Å². The van der Waals surface area contributed by atoms with Crippen molar-refractivity contribution in [1.29, 1.82) is 0 Å². The van der Waals surface area contributed by atoms with E-state index in [9.17, 15) is 9.59 Å². The van der Waals surface area contributed by atoms with Crippen molar-refractivity contribution in [2.75, 3.05) is 18.8 Å². The second kappa shape index (κ2) is 6.97. The van der Waals surface area contributed by atoms with Gasteiger partial charge in [0.05, 0.1) is 11.3 Å². The number of hydrogen-bond acceptors (Lipinski definition) is 7. The first-order chi connectivity index (χ1) is 10.7. The quantitative estimate of drug-likeness (QED) is 0.754. The van der Waals surface area contributed by atoms with Gasteiger partial charge in [0.25, 0.3) is 5.24 Å². The number of esters is 1. The minimum absolute atomic E-state index is 0.0323. The molecule has 1 amide bonds. The minimum atomic E-state index is -0.342. The highest BCUT2D eigenvalue weighted by atomic mass is 32.2. The van der Waals surface area contributed by atoms with Crippen LogP contribution in [0.15, 0.2) is 28.2 Å². The van der Waals surface area contributed by atoms with Crippen molar-refractivity contribution in [1.82, 2.24) is 9.88 Å². The third-order valence-electron chi connectivity index (χ3n) is 3.10. The van der Waals surface area contributed by atoms with Gasteiger partial charge in [-0.2, -0.15) is 0 Å². The summed E-state index contributed by atoms with van der Waals surface area (Å²) < 4.78 is 10.5. The Bertz CT molecular complexity index is 654. The fraction of sp³-hybridized carbons (Fsp3) is 0.357. The zero-order chi connectivity index (χ0) is 15.4. The lowest BCUT2D eigenvalue weighted by molar-refractivity contribution is -0.145. The Kier molecular flexibility index (Phi) is 4.79. The lowest BCUT2D eigenvalue weighted by Gasteiger charge is -2.13. The molecule has 1 saturated heterocycles. The van der Waals surface area contributed by atoms with Gasteiger partial charge in [-0.25, -0.2) is 4.98 Å². The molecule has 0 saturated carbocycles. The average molecular weight is 338 g/mol. The number of thioether (sulfide) groups is 1. The Morgan fingerprint density at radius 2 is 2.41 bits per heavy atom. The Balaban J connectivity index is 1.44. The number of carbonyl (C=O) groups is 2. The third-order valence-corrected chi connectivity index (χ3v) is 4.85. The van der Waals surface area contributed by atoms with E-state index in [-0.39, 0.29) is 24.2 Å². The van der Waals surface area contributed by atoms with Crippen LogP contribution in [0.25, 0.3) is 10.8 Å². The number of carbonyl (C=O) groups excluding carboxylic acids is 2. The molecule has 0 radical (unpaired) electrons. The van der Waals surface area contributed by atoms with Crippen LogP contribution in [-0.2, 0) is 16.1 Å². The summed E-state index contributed by atoms with van der Waals surface area (Å²) in [6.07, 6.45) is 1.69. The van der Waals surface area contributed by atoms with Crippen LogP contribution in [0.3, 0.4) is 0 Å². The smallest absolute Gasteiger partial charge is 0.307 e. The van der Waals surface area contributed by atoms with Crippen LogP contribution in [0.4, 0.5) is 4.79 Å². The molecule has 116 valence electrons. The van der Waals surface area contributed by atoms with E-state index in [2.05, 4.69) is 4.98 Å². The summed E-state index contributed by atoms with van der Waals surface area (Å²) in [5.74, 6) is 0.976. The number of amides is 1. The van der Waals surface area contributed by atoms with Crippen molar-refractivity contribution in [2.24, 2.45) is 0 Å². The fourth-order valence-electron chi connectivity index (χ4n) is 1.97. The maximum Gasteiger partial charge on any atom is 0.307 e. The number of oxazole rings is 1. The molecule has 0 atom stereocenters. The van der Waals surface area contributed by atoms with Gasteiger partial charge in [0, 0.05) is 18.8 Å². The molecule has 8 heteroatoms. The molecule has 3 rings (SSSR count). The van der Waals surface area contributed by atoms with Gasteiger partial charge in [-0.05, 0) is 11.4 Å². The highest BCUT2D eigenvalue weighted by molar-refractivity contribution is 8.13. The lowest BCUT2D eigenvalue weighted by Crippen LogP contribution is -2.26. The molecule has 0 aliphatic carbocycles. The van der Waals surface area contributed by atoms with Crippen LogP contribution in [0.1, 0.15) is 12.1 Å². The fourth-order valence-corrected chi connectivity index (χ4v) is 3.48. The maximum absolute atomic E-state index is 11.7. The predicted octanol–water partition coefficient (Wildman–Crippen LogP) is 3.01. The van der Waals surface area contributed by atoms with E-state index in [0.29, 0.717) is 24.7 Å². The first-order valence-electron chi connectivity index (χ1n) is 6.78. The van der Waals surface area contributed by atoms with Crippen LogP contribution in [0, 0.1) is 0 Å². The van der Waals surface area contributed by atoms with E-state index < -0.39 is 0 Å². The molecule has 1 fully saturated rings. The Hall–Kier alpha value is -1.80. The van der Waals surface area contributed by atoms with Gasteiger partial charge in [-0.3, -0.25) is 9.59 Å². The molecule has 0 N–H and O–H groups in total. The Morgan fingerprint density at radius 1 is 1.50 bits per heavy atom. The summed E-state index contributed by atoms with van der Waals surface area (Å²) >= 11 is 2.81. The molecule has 6 nitrogen and oxygen atoms in total. The number of nitrogens with zero attached hydrogens (tertiary/aromatic N) is 2. The van der Waals surface area contributed by atoms with Gasteiger partial charge in [0.15, 0.2) is 0 Å². The van der Waals surface area contributed by atoms with Crippen molar-refractivity contribution in [2.45, 2.75) is 13.0 Å². The van der Waals surface area contributed by atoms with Gasteiger partial charge in [0.2, 0.25) is 5.89 Å². The Morgan fingerprint density at radius 3 is 3.14 bits per heavy atom. The van der Waals surface area contributed by atoms with Crippen LogP contribution in [0.5, 0.6) is 0 Å². The van der Waals surface area contributed by atoms with Gasteiger partial charge < -0.3 is 14.1 Å². The molecule has 2 aromatic rings. The molecule has 22 heavy (non-hydrogen) atoms. The molecular weight excluding hydrogens is 324 g/mol. The van der Waals surface area contributed by atoms with Crippen molar-refractivity contribution >= 4 is 34.3 Å². The number of aromatic nitrogens is 1. The molecule has 0 bridgehead atoms. The zero-order valence-corrected chi connectivity index (χ0v) is 13.3. The number of thiophene rings is 1. The van der Waals surface area contributed by atoms with Crippen molar-refractivity contribution in [3.63, 3.8) is 0 Å². The monoisotopic (exact) mass is 338 g/mol. The molecule has 1 aliphatic rings. The number of rotatable bonds is 6. The summed E-state index contributed by atoms with van der Waals surface area (Å²) in [6, 6.07) is 3.83. The summed E-state index contributed by atoms with van der Waals surface area (Å²) in [4.78, 5) is 30.0. The maximum atomic E-state index is 11.7. The van der Waals surface area contributed by atoms with Crippen LogP contribution in [-0.4, -0.2) is 39.9 Å². The van der Waals surface area contributed by atoms with E-state index in [4.69, 9.17) is 9.15 Å². The largest absolute Gasteiger partial charge is 0.459 e. The lowest BCUT2D eigenvalue weighted by atomic mass is 10.4. The third kappa shape index (κ3) is 3.69. The van der Waals surface area contributed by atoms with Crippen LogP contribution in [0.2, 0.25) is 0 Å². The second-order valence-electron chi connectivity index (χ2n) is 4.63. The second-order valence-corrected chi connectivity index (χ2v) is 6.63. The topological polar surface area (TPSA) is 72.6 Å². The molecule has 0 spiro atoms. The summed E-state index contributed by atoms with van der Waals surface area (Å²) in [5.41, 5.74) is 0.574. The molecule has 0 unspecified atom stereocenters. The van der Waals surface area contributed by atoms with E-state index in [1.54, 1.807) is 4.90 Å². The van der Waals surface area contributed by atoms with Crippen molar-refractivity contribution in [3.05, 3.63) is 29.5 Å². The van der Waals surface area contributed by atoms with Gasteiger partial charge >= 0.3 is 5.97 Å². The van der Waals surface area contributed by atoms with Gasteiger partial charge in [0.1, 0.15) is 18.6 Å². The summed E-state index contributed by atoms with van der Waals surface area (Å²) in [6.45, 7) is 1.19. The minimum Gasteiger partial charge on any atom is -0.459 e. The molecular formula is C14H14N2O4S2. The summed E-state index contributed by atoms with van der Waals surface area (Å²) in [5, 5.41) is 1.97. The van der Waals surface area contributed by atoms with Crippen molar-refractivity contribution < 1.29 is 18.7 Å². The highest BCUT2D eigenvalue weighted by Crippen LogP contribution is 2.23. The van der Waals surface area contributed by atoms with Crippen LogP contribution < -0.4 is 0 Å². The number of ether oxygens (including phenoxy) is 1. The molecule has 3 heterocycles. The predicted molar refractivity (Wildman–Crippen MR) is 83.7 cm³/mol.